The lowest BCUT2D eigenvalue weighted by Gasteiger charge is -2.53. The summed E-state index contributed by atoms with van der Waals surface area (Å²) in [6.45, 7) is 7.00. The molecule has 0 saturated heterocycles. The molecule has 2 aliphatic rings. The van der Waals surface area contributed by atoms with Crippen molar-refractivity contribution in [3.8, 4) is 5.75 Å². The number of hydrogen-bond acceptors (Lipinski definition) is 2. The minimum Gasteiger partial charge on any atom is -0.497 e. The predicted octanol–water partition coefficient (Wildman–Crippen LogP) is 4.37. The summed E-state index contributed by atoms with van der Waals surface area (Å²) in [7, 11) is 1.69. The van der Waals surface area contributed by atoms with Crippen LogP contribution in [0.4, 0.5) is 0 Å². The van der Waals surface area contributed by atoms with Crippen LogP contribution in [0.5, 0.6) is 5.75 Å². The zero-order chi connectivity index (χ0) is 14.5. The van der Waals surface area contributed by atoms with Crippen LogP contribution in [0.3, 0.4) is 0 Å². The topological polar surface area (TPSA) is 26.3 Å². The number of rotatable bonds is 1. The first kappa shape index (κ1) is 13.7. The van der Waals surface area contributed by atoms with Gasteiger partial charge in [-0.25, -0.2) is 0 Å². The zero-order valence-corrected chi connectivity index (χ0v) is 13.0. The second-order valence-electron chi connectivity index (χ2n) is 7.35. The molecule has 0 N–H and O–H groups in total. The van der Waals surface area contributed by atoms with E-state index < -0.39 is 0 Å². The van der Waals surface area contributed by atoms with Gasteiger partial charge in [0.2, 0.25) is 0 Å². The molecule has 1 saturated carbocycles. The van der Waals surface area contributed by atoms with Gasteiger partial charge in [-0.05, 0) is 53.4 Å². The van der Waals surface area contributed by atoms with Crippen molar-refractivity contribution in [2.75, 3.05) is 7.11 Å². The first-order valence-electron chi connectivity index (χ1n) is 7.60. The third kappa shape index (κ3) is 1.81. The van der Waals surface area contributed by atoms with Crippen molar-refractivity contribution in [3.63, 3.8) is 0 Å². The SMILES string of the molecule is COc1ccc2c(c1)[C@@]1(C)CCCC(C)(C)[C@@H]1CC2=O. The van der Waals surface area contributed by atoms with E-state index in [1.54, 1.807) is 7.11 Å². The van der Waals surface area contributed by atoms with Gasteiger partial charge < -0.3 is 4.74 Å². The number of hydrogen-bond donors (Lipinski definition) is 0. The fourth-order valence-electron chi connectivity index (χ4n) is 4.61. The van der Waals surface area contributed by atoms with E-state index in [-0.39, 0.29) is 10.8 Å². The van der Waals surface area contributed by atoms with E-state index in [4.69, 9.17) is 4.74 Å². The van der Waals surface area contributed by atoms with Gasteiger partial charge in [0.05, 0.1) is 7.11 Å². The molecule has 1 fully saturated rings. The minimum absolute atomic E-state index is 0.111. The molecule has 0 aromatic heterocycles. The molecule has 0 radical (unpaired) electrons. The van der Waals surface area contributed by atoms with Crippen LogP contribution in [-0.2, 0) is 5.41 Å². The first-order valence-corrected chi connectivity index (χ1v) is 7.60. The Kier molecular flexibility index (Phi) is 2.97. The smallest absolute Gasteiger partial charge is 0.163 e. The van der Waals surface area contributed by atoms with Crippen LogP contribution in [-0.4, -0.2) is 12.9 Å². The van der Waals surface area contributed by atoms with Gasteiger partial charge in [0.15, 0.2) is 5.78 Å². The highest BCUT2D eigenvalue weighted by atomic mass is 16.5. The van der Waals surface area contributed by atoms with Gasteiger partial charge >= 0.3 is 0 Å². The van der Waals surface area contributed by atoms with Gasteiger partial charge in [-0.2, -0.15) is 0 Å². The molecule has 1 aromatic carbocycles. The summed E-state index contributed by atoms with van der Waals surface area (Å²) in [6.07, 6.45) is 4.34. The minimum atomic E-state index is 0.111. The van der Waals surface area contributed by atoms with Gasteiger partial charge in [-0.15, -0.1) is 0 Å². The number of Topliss-reactive ketones (excluding diaryl/α,β-unsaturated/α-hetero) is 1. The Labute approximate surface area is 121 Å². The fourth-order valence-corrected chi connectivity index (χ4v) is 4.61. The van der Waals surface area contributed by atoms with E-state index in [9.17, 15) is 4.79 Å². The highest BCUT2D eigenvalue weighted by Gasteiger charge is 2.51. The summed E-state index contributed by atoms with van der Waals surface area (Å²) in [6, 6.07) is 5.97. The average Bonchev–Trinajstić information content (AvgIpc) is 2.41. The van der Waals surface area contributed by atoms with E-state index in [0.717, 1.165) is 11.3 Å². The molecule has 108 valence electrons. The molecule has 0 heterocycles. The maximum atomic E-state index is 12.5. The van der Waals surface area contributed by atoms with Crippen molar-refractivity contribution in [3.05, 3.63) is 29.3 Å². The summed E-state index contributed by atoms with van der Waals surface area (Å²) in [5.74, 6) is 1.61. The lowest BCUT2D eigenvalue weighted by molar-refractivity contribution is 0.0367. The maximum absolute atomic E-state index is 12.5. The maximum Gasteiger partial charge on any atom is 0.163 e. The number of fused-ring (bicyclic) bond motifs is 3. The van der Waals surface area contributed by atoms with Crippen molar-refractivity contribution in [1.29, 1.82) is 0 Å². The second kappa shape index (κ2) is 4.34. The Morgan fingerprint density at radius 2 is 1.95 bits per heavy atom. The van der Waals surface area contributed by atoms with Crippen molar-refractivity contribution < 1.29 is 9.53 Å². The summed E-state index contributed by atoms with van der Waals surface area (Å²) >= 11 is 0. The molecule has 2 atom stereocenters. The molecular formula is C18H24O2. The molecule has 1 aromatic rings. The molecule has 0 amide bonds. The first-order chi connectivity index (χ1) is 9.38. The van der Waals surface area contributed by atoms with Crippen LogP contribution in [0, 0.1) is 11.3 Å². The molecule has 2 aliphatic carbocycles. The van der Waals surface area contributed by atoms with Crippen LogP contribution in [0.15, 0.2) is 18.2 Å². The standard InChI is InChI=1S/C18H24O2/c1-17(2)8-5-9-18(3)14-10-12(20-4)6-7-13(14)15(19)11-16(17)18/h6-7,10,16H,5,8-9,11H2,1-4H3/t16-,18+/m0/s1. The van der Waals surface area contributed by atoms with E-state index in [1.807, 2.05) is 12.1 Å². The Hall–Kier alpha value is -1.31. The Balaban J connectivity index is 2.18. The lowest BCUT2D eigenvalue weighted by atomic mass is 9.50. The van der Waals surface area contributed by atoms with E-state index in [1.165, 1.54) is 24.8 Å². The van der Waals surface area contributed by atoms with Crippen LogP contribution in [0.1, 0.15) is 62.4 Å². The molecule has 2 heteroatoms. The molecule has 0 aliphatic heterocycles. The normalized spacial score (nSPS) is 31.4. The molecule has 0 spiro atoms. The van der Waals surface area contributed by atoms with Gasteiger partial charge in [0.1, 0.15) is 5.75 Å². The Morgan fingerprint density at radius 3 is 2.65 bits per heavy atom. The van der Waals surface area contributed by atoms with Gasteiger partial charge in [-0.1, -0.05) is 27.2 Å². The van der Waals surface area contributed by atoms with Crippen molar-refractivity contribution in [2.45, 2.75) is 51.9 Å². The molecular weight excluding hydrogens is 248 g/mol. The molecule has 3 rings (SSSR count). The van der Waals surface area contributed by atoms with E-state index in [0.29, 0.717) is 18.1 Å². The van der Waals surface area contributed by atoms with E-state index in [2.05, 4.69) is 26.8 Å². The predicted molar refractivity (Wildman–Crippen MR) is 80.4 cm³/mol. The quantitative estimate of drug-likeness (QED) is 0.759. The number of carbonyl (C=O) groups excluding carboxylic acids is 1. The second-order valence-corrected chi connectivity index (χ2v) is 7.35. The Morgan fingerprint density at radius 1 is 1.20 bits per heavy atom. The summed E-state index contributed by atoms with van der Waals surface area (Å²) in [4.78, 5) is 12.5. The number of methoxy groups -OCH3 is 1. The average molecular weight is 272 g/mol. The van der Waals surface area contributed by atoms with Crippen molar-refractivity contribution in [1.82, 2.24) is 0 Å². The van der Waals surface area contributed by atoms with Crippen LogP contribution in [0.2, 0.25) is 0 Å². The van der Waals surface area contributed by atoms with Gasteiger partial charge in [0, 0.05) is 12.0 Å². The van der Waals surface area contributed by atoms with Crippen molar-refractivity contribution >= 4 is 5.78 Å². The lowest BCUT2D eigenvalue weighted by Crippen LogP contribution is -2.49. The zero-order valence-electron chi connectivity index (χ0n) is 13.0. The van der Waals surface area contributed by atoms with Gasteiger partial charge in [-0.3, -0.25) is 4.79 Å². The molecule has 0 unspecified atom stereocenters. The van der Waals surface area contributed by atoms with Crippen LogP contribution in [0.25, 0.3) is 0 Å². The molecule has 2 nitrogen and oxygen atoms in total. The third-order valence-corrected chi connectivity index (χ3v) is 5.76. The number of benzene rings is 1. The van der Waals surface area contributed by atoms with E-state index >= 15 is 0 Å². The summed E-state index contributed by atoms with van der Waals surface area (Å²) in [5.41, 5.74) is 2.48. The van der Waals surface area contributed by atoms with Crippen molar-refractivity contribution in [2.24, 2.45) is 11.3 Å². The molecule has 0 bridgehead atoms. The highest BCUT2D eigenvalue weighted by molar-refractivity contribution is 5.99. The third-order valence-electron chi connectivity index (χ3n) is 5.76. The number of ketones is 1. The monoisotopic (exact) mass is 272 g/mol. The Bertz CT molecular complexity index is 559. The van der Waals surface area contributed by atoms with Crippen LogP contribution < -0.4 is 4.74 Å². The van der Waals surface area contributed by atoms with Crippen LogP contribution >= 0.6 is 0 Å². The summed E-state index contributed by atoms with van der Waals surface area (Å²) < 4.78 is 5.38. The number of carbonyl (C=O) groups is 1. The van der Waals surface area contributed by atoms with Gasteiger partial charge in [0.25, 0.3) is 0 Å². The highest BCUT2D eigenvalue weighted by Crippen LogP contribution is 2.57. The molecule has 20 heavy (non-hydrogen) atoms. The largest absolute Gasteiger partial charge is 0.497 e. The summed E-state index contributed by atoms with van der Waals surface area (Å²) in [5, 5.41) is 0. The fraction of sp³-hybridized carbons (Fsp3) is 0.611. The number of ether oxygens (including phenoxy) is 1.